The van der Waals surface area contributed by atoms with Gasteiger partial charge in [0.1, 0.15) is 5.69 Å². The first-order valence-corrected chi connectivity index (χ1v) is 10.3. The van der Waals surface area contributed by atoms with Crippen LogP contribution in [0.1, 0.15) is 43.9 Å². The molecule has 4 aromatic rings. The Labute approximate surface area is 186 Å². The molecule has 0 atom stereocenters. The second-order valence-electron chi connectivity index (χ2n) is 7.78. The lowest BCUT2D eigenvalue weighted by Crippen LogP contribution is -2.13. The number of nitrogens with zero attached hydrogens (tertiary/aromatic N) is 3. The van der Waals surface area contributed by atoms with Gasteiger partial charge in [0.2, 0.25) is 0 Å². The topological polar surface area (TPSA) is 97.1 Å². The van der Waals surface area contributed by atoms with E-state index in [1.54, 1.807) is 16.9 Å². The number of Topliss-reactive ketones (excluding diaryl/α,β-unsaturated/α-hetero) is 1. The molecule has 0 radical (unpaired) electrons. The van der Waals surface area contributed by atoms with E-state index >= 15 is 0 Å². The number of aromatic nitrogens is 3. The van der Waals surface area contributed by atoms with Crippen molar-refractivity contribution in [1.82, 2.24) is 14.6 Å². The maximum atomic E-state index is 12.9. The highest BCUT2D eigenvalue weighted by atomic mass is 16.1. The minimum atomic E-state index is 0.0308. The van der Waals surface area contributed by atoms with Crippen molar-refractivity contribution in [3.63, 3.8) is 0 Å². The number of imidazole rings is 1. The summed E-state index contributed by atoms with van der Waals surface area (Å²) < 4.78 is 1.69. The Kier molecular flexibility index (Phi) is 5.82. The summed E-state index contributed by atoms with van der Waals surface area (Å²) >= 11 is 0. The third kappa shape index (κ3) is 4.57. The van der Waals surface area contributed by atoms with Gasteiger partial charge in [-0.1, -0.05) is 36.3 Å². The Morgan fingerprint density at radius 3 is 2.69 bits per heavy atom. The van der Waals surface area contributed by atoms with Crippen molar-refractivity contribution in [3.05, 3.63) is 100.0 Å². The van der Waals surface area contributed by atoms with Crippen molar-refractivity contribution in [2.75, 3.05) is 0 Å². The number of carbonyl (C=O) groups excluding carboxylic acids is 1. The molecule has 0 saturated carbocycles. The number of carbonyl (C=O) groups is 1. The number of nitrogens with one attached hydrogen (secondary N) is 1. The summed E-state index contributed by atoms with van der Waals surface area (Å²) in [6.45, 7) is 3.95. The lowest BCUT2D eigenvalue weighted by molar-refractivity contribution is 0.0993. The van der Waals surface area contributed by atoms with Crippen LogP contribution < -0.4 is 5.73 Å². The average molecular weight is 422 g/mol. The Morgan fingerprint density at radius 2 is 1.91 bits per heavy atom. The van der Waals surface area contributed by atoms with Gasteiger partial charge in [0.15, 0.2) is 11.4 Å². The summed E-state index contributed by atoms with van der Waals surface area (Å²) in [5.41, 5.74) is 12.3. The molecule has 158 valence electrons. The van der Waals surface area contributed by atoms with E-state index in [1.807, 2.05) is 62.4 Å². The van der Waals surface area contributed by atoms with Crippen molar-refractivity contribution in [2.45, 2.75) is 26.7 Å². The van der Waals surface area contributed by atoms with Crippen LogP contribution in [0, 0.1) is 31.1 Å². The number of hydrogen-bond acceptors (Lipinski definition) is 4. The molecule has 0 amide bonds. The number of ketones is 1. The molecule has 32 heavy (non-hydrogen) atoms. The van der Waals surface area contributed by atoms with Crippen molar-refractivity contribution >= 4 is 17.3 Å². The average Bonchev–Trinajstić information content (AvgIpc) is 3.18. The minimum Gasteiger partial charge on any atom is -0.387 e. The van der Waals surface area contributed by atoms with E-state index in [0.717, 1.165) is 33.5 Å². The van der Waals surface area contributed by atoms with Crippen molar-refractivity contribution < 1.29 is 4.79 Å². The molecule has 0 aliphatic heterocycles. The molecule has 0 aliphatic rings. The Balaban J connectivity index is 1.56. The third-order valence-electron chi connectivity index (χ3n) is 5.32. The van der Waals surface area contributed by atoms with Gasteiger partial charge in [0.05, 0.1) is 12.0 Å². The third-order valence-corrected chi connectivity index (χ3v) is 5.32. The number of aryl methyl sites for hydroxylation is 2. The maximum Gasteiger partial charge on any atom is 0.167 e. The van der Waals surface area contributed by atoms with Gasteiger partial charge in [0.25, 0.3) is 0 Å². The first kappa shape index (κ1) is 21.0. The number of amidine groups is 1. The van der Waals surface area contributed by atoms with Crippen LogP contribution in [0.2, 0.25) is 0 Å². The zero-order valence-electron chi connectivity index (χ0n) is 18.0. The molecule has 2 aromatic carbocycles. The van der Waals surface area contributed by atoms with E-state index in [-0.39, 0.29) is 11.6 Å². The van der Waals surface area contributed by atoms with Crippen molar-refractivity contribution in [3.8, 4) is 11.8 Å². The van der Waals surface area contributed by atoms with Gasteiger partial charge >= 0.3 is 0 Å². The standard InChI is InChI=1S/C26H23N5O/c1-17-5-7-22(24(32)13-19-6-8-21(15-25(27)28)18(2)12-19)14-20(17)9-10-23-16-29-26-4-3-11-30-31(23)26/h3-8,11-12,14,16H,13,15H2,1-2H3,(H3,27,28). The highest BCUT2D eigenvalue weighted by Crippen LogP contribution is 2.16. The van der Waals surface area contributed by atoms with Gasteiger partial charge in [0, 0.05) is 30.2 Å². The van der Waals surface area contributed by atoms with Crippen LogP contribution in [0.25, 0.3) is 5.65 Å². The van der Waals surface area contributed by atoms with E-state index in [0.29, 0.717) is 24.1 Å². The fourth-order valence-corrected chi connectivity index (χ4v) is 3.53. The van der Waals surface area contributed by atoms with Gasteiger partial charge in [-0.2, -0.15) is 5.10 Å². The molecule has 6 nitrogen and oxygen atoms in total. The zero-order valence-corrected chi connectivity index (χ0v) is 18.0. The van der Waals surface area contributed by atoms with Gasteiger partial charge in [-0.25, -0.2) is 9.50 Å². The largest absolute Gasteiger partial charge is 0.387 e. The summed E-state index contributed by atoms with van der Waals surface area (Å²) in [5, 5.41) is 11.7. The monoisotopic (exact) mass is 421 g/mol. The predicted octanol–water partition coefficient (Wildman–Crippen LogP) is 3.65. The number of hydrogen-bond donors (Lipinski definition) is 2. The normalized spacial score (nSPS) is 10.6. The molecule has 0 spiro atoms. The second-order valence-corrected chi connectivity index (χ2v) is 7.78. The molecule has 6 heteroatoms. The fourth-order valence-electron chi connectivity index (χ4n) is 3.53. The molecule has 0 aliphatic carbocycles. The summed E-state index contributed by atoms with van der Waals surface area (Å²) in [6, 6.07) is 15.2. The number of fused-ring (bicyclic) bond motifs is 1. The van der Waals surface area contributed by atoms with Gasteiger partial charge in [-0.05, 0) is 60.2 Å². The summed E-state index contributed by atoms with van der Waals surface area (Å²) in [5.74, 6) is 6.45. The van der Waals surface area contributed by atoms with Crippen molar-refractivity contribution in [1.29, 1.82) is 5.41 Å². The molecule has 2 heterocycles. The highest BCUT2D eigenvalue weighted by Gasteiger charge is 2.11. The van der Waals surface area contributed by atoms with Crippen LogP contribution in [0.5, 0.6) is 0 Å². The van der Waals surface area contributed by atoms with Crippen LogP contribution in [-0.4, -0.2) is 26.2 Å². The van der Waals surface area contributed by atoms with Gasteiger partial charge in [-0.15, -0.1) is 0 Å². The maximum absolute atomic E-state index is 12.9. The zero-order chi connectivity index (χ0) is 22.7. The van der Waals surface area contributed by atoms with Crippen molar-refractivity contribution in [2.24, 2.45) is 5.73 Å². The fraction of sp³-hybridized carbons (Fsp3) is 0.154. The first-order chi connectivity index (χ1) is 15.4. The minimum absolute atomic E-state index is 0.0308. The van der Waals surface area contributed by atoms with E-state index < -0.39 is 0 Å². The lowest BCUT2D eigenvalue weighted by Gasteiger charge is -2.08. The lowest BCUT2D eigenvalue weighted by atomic mass is 9.96. The number of rotatable bonds is 5. The van der Waals surface area contributed by atoms with Gasteiger partial charge in [-0.3, -0.25) is 10.2 Å². The van der Waals surface area contributed by atoms with Crippen LogP contribution in [0.15, 0.2) is 60.9 Å². The molecule has 0 fully saturated rings. The second kappa shape index (κ2) is 8.86. The summed E-state index contributed by atoms with van der Waals surface area (Å²) in [6.07, 6.45) is 4.10. The van der Waals surface area contributed by atoms with E-state index in [4.69, 9.17) is 11.1 Å². The molecule has 2 aromatic heterocycles. The van der Waals surface area contributed by atoms with Crippen LogP contribution in [-0.2, 0) is 12.8 Å². The summed E-state index contributed by atoms with van der Waals surface area (Å²) in [7, 11) is 0. The molecule has 0 saturated heterocycles. The predicted molar refractivity (Wildman–Crippen MR) is 125 cm³/mol. The van der Waals surface area contributed by atoms with Gasteiger partial charge < -0.3 is 5.73 Å². The Morgan fingerprint density at radius 1 is 1.06 bits per heavy atom. The van der Waals surface area contributed by atoms with E-state index in [2.05, 4.69) is 21.9 Å². The first-order valence-electron chi connectivity index (χ1n) is 10.3. The Hall–Kier alpha value is -4.24. The van der Waals surface area contributed by atoms with Crippen LogP contribution >= 0.6 is 0 Å². The van der Waals surface area contributed by atoms with Crippen LogP contribution in [0.3, 0.4) is 0 Å². The van der Waals surface area contributed by atoms with E-state index in [9.17, 15) is 4.79 Å². The van der Waals surface area contributed by atoms with Crippen LogP contribution in [0.4, 0.5) is 0 Å². The molecular formula is C26H23N5O. The molecule has 0 unspecified atom stereocenters. The Bertz CT molecular complexity index is 1400. The highest BCUT2D eigenvalue weighted by molar-refractivity contribution is 5.98. The number of nitrogens with two attached hydrogens (primary N) is 1. The number of benzene rings is 2. The molecule has 3 N–H and O–H groups in total. The van der Waals surface area contributed by atoms with E-state index in [1.165, 1.54) is 0 Å². The quantitative estimate of drug-likeness (QED) is 0.222. The molecule has 4 rings (SSSR count). The SMILES string of the molecule is Cc1ccc(C(=O)Cc2ccc(CC(=N)N)c(C)c2)cc1C#Cc1cnc2cccnn12. The molecular weight excluding hydrogens is 398 g/mol. The molecule has 0 bridgehead atoms. The summed E-state index contributed by atoms with van der Waals surface area (Å²) in [4.78, 5) is 17.2. The smallest absolute Gasteiger partial charge is 0.167 e.